The van der Waals surface area contributed by atoms with E-state index in [9.17, 15) is 4.79 Å². The van der Waals surface area contributed by atoms with Crippen molar-refractivity contribution in [1.82, 2.24) is 5.32 Å². The molecule has 0 spiro atoms. The van der Waals surface area contributed by atoms with Gasteiger partial charge in [0.15, 0.2) is 5.11 Å². The smallest absolute Gasteiger partial charge is 0.307 e. The lowest BCUT2D eigenvalue weighted by molar-refractivity contribution is -0.136. The van der Waals surface area contributed by atoms with Crippen molar-refractivity contribution in [3.63, 3.8) is 0 Å². The van der Waals surface area contributed by atoms with Crippen LogP contribution in [0.5, 0.6) is 0 Å². The maximum Gasteiger partial charge on any atom is 0.307 e. The van der Waals surface area contributed by atoms with Gasteiger partial charge in [0.25, 0.3) is 0 Å². The lowest BCUT2D eigenvalue weighted by Gasteiger charge is -2.11. The summed E-state index contributed by atoms with van der Waals surface area (Å²) >= 11 is 5.25. The standard InChI is InChI=1S/C17H18N2O2S/c1-12-2-4-14(5-3-12)11-18-17(22)19-15-8-6-13(7-9-15)10-16(20)21/h2-9H,10-11H2,1H3,(H,20,21)(H2,18,19,22). The molecule has 0 aliphatic carbocycles. The van der Waals surface area contributed by atoms with Crippen LogP contribution in [0, 0.1) is 6.92 Å². The van der Waals surface area contributed by atoms with Crippen molar-refractivity contribution in [2.75, 3.05) is 5.32 Å². The fourth-order valence-electron chi connectivity index (χ4n) is 1.94. The molecule has 0 unspecified atom stereocenters. The van der Waals surface area contributed by atoms with Gasteiger partial charge in [0.1, 0.15) is 0 Å². The quantitative estimate of drug-likeness (QED) is 0.740. The van der Waals surface area contributed by atoms with E-state index in [1.165, 1.54) is 5.56 Å². The highest BCUT2D eigenvalue weighted by Gasteiger charge is 2.02. The lowest BCUT2D eigenvalue weighted by atomic mass is 10.1. The van der Waals surface area contributed by atoms with Crippen LogP contribution < -0.4 is 10.6 Å². The molecular weight excluding hydrogens is 296 g/mol. The van der Waals surface area contributed by atoms with Crippen LogP contribution in [0.4, 0.5) is 5.69 Å². The Morgan fingerprint density at radius 2 is 1.64 bits per heavy atom. The first kappa shape index (κ1) is 16.0. The van der Waals surface area contributed by atoms with Gasteiger partial charge in [0.2, 0.25) is 0 Å². The zero-order valence-corrected chi connectivity index (χ0v) is 13.1. The molecular formula is C17H18N2O2S. The van der Waals surface area contributed by atoms with E-state index in [0.29, 0.717) is 11.7 Å². The normalized spacial score (nSPS) is 10.0. The van der Waals surface area contributed by atoms with Crippen LogP contribution in [0.2, 0.25) is 0 Å². The van der Waals surface area contributed by atoms with Gasteiger partial charge in [-0.25, -0.2) is 0 Å². The third-order valence-corrected chi connectivity index (χ3v) is 3.39. The molecule has 2 aromatic rings. The maximum atomic E-state index is 10.6. The summed E-state index contributed by atoms with van der Waals surface area (Å²) in [4.78, 5) is 10.6. The monoisotopic (exact) mass is 314 g/mol. The third kappa shape index (κ3) is 5.18. The van der Waals surface area contributed by atoms with Crippen molar-refractivity contribution >= 4 is 29.0 Å². The maximum absolute atomic E-state index is 10.6. The molecule has 2 rings (SSSR count). The van der Waals surface area contributed by atoms with Crippen LogP contribution in [-0.4, -0.2) is 16.2 Å². The fraction of sp³-hybridized carbons (Fsp3) is 0.176. The van der Waals surface area contributed by atoms with Gasteiger partial charge in [0, 0.05) is 12.2 Å². The Kier molecular flexibility index (Phi) is 5.49. The molecule has 0 saturated heterocycles. The summed E-state index contributed by atoms with van der Waals surface area (Å²) in [5.74, 6) is -0.837. The molecule has 2 aromatic carbocycles. The van der Waals surface area contributed by atoms with Gasteiger partial charge in [-0.15, -0.1) is 0 Å². The Morgan fingerprint density at radius 1 is 1.05 bits per heavy atom. The van der Waals surface area contributed by atoms with Crippen molar-refractivity contribution in [2.45, 2.75) is 19.9 Å². The molecule has 0 heterocycles. The van der Waals surface area contributed by atoms with Crippen LogP contribution >= 0.6 is 12.2 Å². The number of carboxylic acid groups (broad SMARTS) is 1. The first-order valence-electron chi connectivity index (χ1n) is 6.94. The minimum absolute atomic E-state index is 0.0242. The molecule has 3 N–H and O–H groups in total. The molecule has 4 nitrogen and oxygen atoms in total. The summed E-state index contributed by atoms with van der Waals surface area (Å²) in [6, 6.07) is 15.4. The fourth-order valence-corrected chi connectivity index (χ4v) is 2.13. The van der Waals surface area contributed by atoms with Crippen LogP contribution in [0.15, 0.2) is 48.5 Å². The Labute approximate surface area is 135 Å². The summed E-state index contributed by atoms with van der Waals surface area (Å²) < 4.78 is 0. The van der Waals surface area contributed by atoms with Gasteiger partial charge in [0.05, 0.1) is 6.42 Å². The van der Waals surface area contributed by atoms with Gasteiger partial charge in [-0.05, 0) is 42.4 Å². The topological polar surface area (TPSA) is 61.4 Å². The molecule has 0 bridgehead atoms. The first-order valence-corrected chi connectivity index (χ1v) is 7.35. The zero-order chi connectivity index (χ0) is 15.9. The predicted molar refractivity (Wildman–Crippen MR) is 92.0 cm³/mol. The van der Waals surface area contributed by atoms with Crippen molar-refractivity contribution in [2.24, 2.45) is 0 Å². The minimum Gasteiger partial charge on any atom is -0.481 e. The van der Waals surface area contributed by atoms with E-state index in [0.717, 1.165) is 16.8 Å². The van der Waals surface area contributed by atoms with E-state index in [-0.39, 0.29) is 6.42 Å². The van der Waals surface area contributed by atoms with Gasteiger partial charge in [-0.3, -0.25) is 4.79 Å². The van der Waals surface area contributed by atoms with Crippen LogP contribution in [0.3, 0.4) is 0 Å². The molecule has 0 atom stereocenters. The molecule has 0 fully saturated rings. The van der Waals surface area contributed by atoms with E-state index < -0.39 is 5.97 Å². The summed E-state index contributed by atoms with van der Waals surface area (Å²) in [5, 5.41) is 15.5. The largest absolute Gasteiger partial charge is 0.481 e. The minimum atomic E-state index is -0.837. The van der Waals surface area contributed by atoms with E-state index >= 15 is 0 Å². The summed E-state index contributed by atoms with van der Waals surface area (Å²) in [7, 11) is 0. The second kappa shape index (κ2) is 7.56. The SMILES string of the molecule is Cc1ccc(CNC(=S)Nc2ccc(CC(=O)O)cc2)cc1. The molecule has 0 aliphatic heterocycles. The van der Waals surface area contributed by atoms with Crippen LogP contribution in [0.25, 0.3) is 0 Å². The number of carbonyl (C=O) groups is 1. The second-order valence-corrected chi connectivity index (χ2v) is 5.47. The second-order valence-electron chi connectivity index (χ2n) is 5.06. The Morgan fingerprint density at radius 3 is 2.23 bits per heavy atom. The first-order chi connectivity index (χ1) is 10.5. The molecule has 5 heteroatoms. The molecule has 0 radical (unpaired) electrons. The number of hydrogen-bond donors (Lipinski definition) is 3. The summed E-state index contributed by atoms with van der Waals surface area (Å²) in [6.45, 7) is 2.71. The highest BCUT2D eigenvalue weighted by molar-refractivity contribution is 7.80. The van der Waals surface area contributed by atoms with Gasteiger partial charge < -0.3 is 15.7 Å². The average Bonchev–Trinajstić information content (AvgIpc) is 2.48. The van der Waals surface area contributed by atoms with E-state index in [2.05, 4.69) is 41.8 Å². The third-order valence-electron chi connectivity index (χ3n) is 3.14. The van der Waals surface area contributed by atoms with Gasteiger partial charge in [-0.2, -0.15) is 0 Å². The highest BCUT2D eigenvalue weighted by Crippen LogP contribution is 2.10. The van der Waals surface area contributed by atoms with E-state index in [1.54, 1.807) is 12.1 Å². The summed E-state index contributed by atoms with van der Waals surface area (Å²) in [5.41, 5.74) is 3.98. The predicted octanol–water partition coefficient (Wildman–Crippen LogP) is 3.11. The highest BCUT2D eigenvalue weighted by atomic mass is 32.1. The van der Waals surface area contributed by atoms with Crippen LogP contribution in [0.1, 0.15) is 16.7 Å². The van der Waals surface area contributed by atoms with Crippen LogP contribution in [-0.2, 0) is 17.8 Å². The molecule has 0 aliphatic rings. The number of benzene rings is 2. The number of carboxylic acids is 1. The van der Waals surface area contributed by atoms with Gasteiger partial charge >= 0.3 is 5.97 Å². The van der Waals surface area contributed by atoms with E-state index in [1.807, 2.05) is 12.1 Å². The van der Waals surface area contributed by atoms with E-state index in [4.69, 9.17) is 17.3 Å². The van der Waals surface area contributed by atoms with Crippen molar-refractivity contribution in [1.29, 1.82) is 0 Å². The molecule has 0 aromatic heterocycles. The molecule has 114 valence electrons. The number of aryl methyl sites for hydroxylation is 1. The molecule has 0 amide bonds. The number of hydrogen-bond acceptors (Lipinski definition) is 2. The van der Waals surface area contributed by atoms with Gasteiger partial charge in [-0.1, -0.05) is 42.0 Å². The lowest BCUT2D eigenvalue weighted by Crippen LogP contribution is -2.27. The number of aliphatic carboxylic acids is 1. The Balaban J connectivity index is 1.83. The summed E-state index contributed by atoms with van der Waals surface area (Å²) in [6.07, 6.45) is 0.0242. The number of thiocarbonyl (C=S) groups is 1. The Hall–Kier alpha value is -2.40. The number of rotatable bonds is 5. The van der Waals surface area contributed by atoms with Crippen molar-refractivity contribution < 1.29 is 9.90 Å². The van der Waals surface area contributed by atoms with Crippen molar-refractivity contribution in [3.8, 4) is 0 Å². The molecule has 22 heavy (non-hydrogen) atoms. The average molecular weight is 314 g/mol. The Bertz CT molecular complexity index is 651. The van der Waals surface area contributed by atoms with Crippen molar-refractivity contribution in [3.05, 3.63) is 65.2 Å². The number of nitrogens with one attached hydrogen (secondary N) is 2. The zero-order valence-electron chi connectivity index (χ0n) is 12.3. The number of anilines is 1. The molecule has 0 saturated carbocycles.